The normalized spacial score (nSPS) is 13.6. The van der Waals surface area contributed by atoms with Crippen molar-refractivity contribution in [3.05, 3.63) is 47.0 Å². The van der Waals surface area contributed by atoms with Crippen LogP contribution in [0.4, 0.5) is 5.82 Å². The van der Waals surface area contributed by atoms with Crippen LogP contribution in [0, 0.1) is 18.3 Å². The van der Waals surface area contributed by atoms with Gasteiger partial charge in [-0.2, -0.15) is 10.3 Å². The zero-order valence-electron chi connectivity index (χ0n) is 14.4. The molecule has 0 radical (unpaired) electrons. The molecular formula is C18H15N5O2S. The second-order valence-corrected chi connectivity index (χ2v) is 6.47. The summed E-state index contributed by atoms with van der Waals surface area (Å²) in [5.41, 5.74) is 5.05. The molecule has 2 aromatic rings. The van der Waals surface area contributed by atoms with Gasteiger partial charge in [0.05, 0.1) is 0 Å². The highest BCUT2D eigenvalue weighted by Crippen LogP contribution is 2.28. The summed E-state index contributed by atoms with van der Waals surface area (Å²) in [5, 5.41) is 10.8. The summed E-state index contributed by atoms with van der Waals surface area (Å²) in [6.45, 7) is 3.53. The number of aromatic nitrogens is 2. The monoisotopic (exact) mass is 365 g/mol. The second-order valence-electron chi connectivity index (χ2n) is 5.68. The van der Waals surface area contributed by atoms with E-state index in [4.69, 9.17) is 0 Å². The van der Waals surface area contributed by atoms with Crippen molar-refractivity contribution in [1.29, 1.82) is 5.26 Å². The van der Waals surface area contributed by atoms with Crippen LogP contribution in [-0.2, 0) is 9.59 Å². The number of hydrogen-bond donors (Lipinski definition) is 1. The van der Waals surface area contributed by atoms with Gasteiger partial charge in [-0.15, -0.1) is 11.8 Å². The molecule has 8 heteroatoms. The molecule has 0 fully saturated rings. The first-order valence-corrected chi connectivity index (χ1v) is 8.93. The Morgan fingerprint density at radius 2 is 1.85 bits per heavy atom. The summed E-state index contributed by atoms with van der Waals surface area (Å²) in [6, 6.07) is 9.67. The second kappa shape index (κ2) is 6.98. The van der Waals surface area contributed by atoms with Crippen LogP contribution < -0.4 is 5.43 Å². The average Bonchev–Trinajstić information content (AvgIpc) is 2.87. The smallest absolute Gasteiger partial charge is 0.270 e. The molecule has 0 atom stereocenters. The lowest BCUT2D eigenvalue weighted by Crippen LogP contribution is -2.37. The highest BCUT2D eigenvalue weighted by molar-refractivity contribution is 7.98. The van der Waals surface area contributed by atoms with E-state index in [0.717, 1.165) is 16.1 Å². The Morgan fingerprint density at radius 3 is 2.38 bits per heavy atom. The molecule has 26 heavy (non-hydrogen) atoms. The van der Waals surface area contributed by atoms with E-state index in [1.54, 1.807) is 13.2 Å². The van der Waals surface area contributed by atoms with Crippen LogP contribution in [0.25, 0.3) is 11.4 Å². The van der Waals surface area contributed by atoms with Gasteiger partial charge in [0, 0.05) is 17.2 Å². The topological polar surface area (TPSA) is 99.0 Å². The maximum Gasteiger partial charge on any atom is 0.275 e. The van der Waals surface area contributed by atoms with Gasteiger partial charge in [0.1, 0.15) is 16.7 Å². The number of nitriles is 1. The molecule has 130 valence electrons. The van der Waals surface area contributed by atoms with Gasteiger partial charge >= 0.3 is 0 Å². The van der Waals surface area contributed by atoms with Crippen molar-refractivity contribution >= 4 is 29.4 Å². The predicted molar refractivity (Wildman–Crippen MR) is 97.9 cm³/mol. The number of carbonyl (C=O) groups excluding carboxylic acids is 2. The Hall–Kier alpha value is -3.18. The molecule has 1 aromatic carbocycles. The molecule has 0 bridgehead atoms. The van der Waals surface area contributed by atoms with E-state index in [1.165, 1.54) is 17.8 Å². The molecule has 3 rings (SSSR count). The lowest BCUT2D eigenvalue weighted by Gasteiger charge is -2.18. The Morgan fingerprint density at radius 1 is 1.15 bits per heavy atom. The summed E-state index contributed by atoms with van der Waals surface area (Å²) in [7, 11) is 0. The number of aryl methyl sites for hydroxylation is 1. The number of thioether (sulfide) groups is 1. The third kappa shape index (κ3) is 3.17. The number of nitrogens with one attached hydrogen (secondary N) is 1. The van der Waals surface area contributed by atoms with Crippen molar-refractivity contribution in [3.63, 3.8) is 0 Å². The molecule has 0 saturated heterocycles. The molecule has 2 heterocycles. The lowest BCUT2D eigenvalue weighted by molar-refractivity contribution is -0.135. The zero-order chi connectivity index (χ0) is 18.8. The summed E-state index contributed by atoms with van der Waals surface area (Å²) >= 11 is 1.29. The van der Waals surface area contributed by atoms with E-state index in [9.17, 15) is 14.9 Å². The van der Waals surface area contributed by atoms with Crippen LogP contribution >= 0.6 is 11.8 Å². The van der Waals surface area contributed by atoms with Gasteiger partial charge in [-0.25, -0.2) is 9.97 Å². The largest absolute Gasteiger partial charge is 0.275 e. The molecule has 0 spiro atoms. The summed E-state index contributed by atoms with van der Waals surface area (Å²) in [4.78, 5) is 32.9. The van der Waals surface area contributed by atoms with Crippen LogP contribution in [-0.4, -0.2) is 33.0 Å². The Bertz CT molecular complexity index is 976. The number of amides is 2. The fraction of sp³-hybridized carbons (Fsp3) is 0.167. The first-order chi connectivity index (χ1) is 12.4. The third-order valence-corrected chi connectivity index (χ3v) is 4.49. The fourth-order valence-corrected chi connectivity index (χ4v) is 2.93. The van der Waals surface area contributed by atoms with Crippen molar-refractivity contribution < 1.29 is 9.59 Å². The number of benzene rings is 1. The molecule has 1 aliphatic heterocycles. The van der Waals surface area contributed by atoms with E-state index in [-0.39, 0.29) is 11.4 Å². The molecule has 0 aliphatic carbocycles. The average molecular weight is 365 g/mol. The van der Waals surface area contributed by atoms with Crippen molar-refractivity contribution in [1.82, 2.24) is 15.0 Å². The van der Waals surface area contributed by atoms with E-state index in [0.29, 0.717) is 16.4 Å². The van der Waals surface area contributed by atoms with Crippen LogP contribution in [0.3, 0.4) is 0 Å². The highest BCUT2D eigenvalue weighted by atomic mass is 32.2. The van der Waals surface area contributed by atoms with Crippen LogP contribution in [0.15, 0.2) is 40.9 Å². The van der Waals surface area contributed by atoms with E-state index in [2.05, 4.69) is 15.4 Å². The van der Waals surface area contributed by atoms with Gasteiger partial charge in [-0.1, -0.05) is 29.8 Å². The van der Waals surface area contributed by atoms with Crippen molar-refractivity contribution in [2.75, 3.05) is 11.7 Å². The van der Waals surface area contributed by atoms with Gasteiger partial charge in [-0.05, 0) is 20.1 Å². The van der Waals surface area contributed by atoms with Gasteiger partial charge in [-0.3, -0.25) is 15.0 Å². The minimum Gasteiger partial charge on any atom is -0.270 e. The standard InChI is InChI=1S/C18H15N5O2S/c1-10-4-6-12(7-5-10)15-20-16(13(9-19)17(21-15)26-3)22-23-14(24)8-11(2)18(23)25/h4-8H,1-3H3,(H,20,21,22). The molecule has 0 unspecified atom stereocenters. The summed E-state index contributed by atoms with van der Waals surface area (Å²) < 4.78 is 0. The van der Waals surface area contributed by atoms with Gasteiger partial charge in [0.15, 0.2) is 11.6 Å². The maximum atomic E-state index is 12.1. The van der Waals surface area contributed by atoms with E-state index in [1.807, 2.05) is 37.3 Å². The molecule has 2 amide bonds. The highest BCUT2D eigenvalue weighted by Gasteiger charge is 2.30. The molecular weight excluding hydrogens is 350 g/mol. The molecule has 7 nitrogen and oxygen atoms in total. The Balaban J connectivity index is 2.07. The number of nitrogens with zero attached hydrogens (tertiary/aromatic N) is 4. The zero-order valence-corrected chi connectivity index (χ0v) is 15.2. The van der Waals surface area contributed by atoms with Crippen molar-refractivity contribution in [3.8, 4) is 17.5 Å². The minimum absolute atomic E-state index is 0.118. The van der Waals surface area contributed by atoms with Gasteiger partial charge in [0.25, 0.3) is 11.8 Å². The predicted octanol–water partition coefficient (Wildman–Crippen LogP) is 2.69. The van der Waals surface area contributed by atoms with Crippen LogP contribution in [0.2, 0.25) is 0 Å². The van der Waals surface area contributed by atoms with Crippen molar-refractivity contribution in [2.45, 2.75) is 18.9 Å². The van der Waals surface area contributed by atoms with Gasteiger partial charge < -0.3 is 0 Å². The molecule has 1 aromatic heterocycles. The quantitative estimate of drug-likeness (QED) is 0.505. The van der Waals surface area contributed by atoms with Crippen LogP contribution in [0.1, 0.15) is 18.1 Å². The van der Waals surface area contributed by atoms with E-state index < -0.39 is 11.8 Å². The molecule has 1 N–H and O–H groups in total. The fourth-order valence-electron chi connectivity index (χ4n) is 2.40. The first kappa shape index (κ1) is 17.6. The Kier molecular flexibility index (Phi) is 4.73. The summed E-state index contributed by atoms with van der Waals surface area (Å²) in [6.07, 6.45) is 3.03. The minimum atomic E-state index is -0.502. The number of rotatable bonds is 4. The summed E-state index contributed by atoms with van der Waals surface area (Å²) in [5.74, 6) is -0.454. The molecule has 0 saturated carbocycles. The van der Waals surface area contributed by atoms with Gasteiger partial charge in [0.2, 0.25) is 0 Å². The number of anilines is 1. The Labute approximate surface area is 154 Å². The maximum absolute atomic E-state index is 12.1. The number of imide groups is 1. The first-order valence-electron chi connectivity index (χ1n) is 7.71. The number of hydrogen-bond acceptors (Lipinski definition) is 7. The molecule has 1 aliphatic rings. The number of carbonyl (C=O) groups is 2. The van der Waals surface area contributed by atoms with Crippen LogP contribution in [0.5, 0.6) is 0 Å². The lowest BCUT2D eigenvalue weighted by atomic mass is 10.1. The van der Waals surface area contributed by atoms with Crippen molar-refractivity contribution in [2.24, 2.45) is 0 Å². The third-order valence-electron chi connectivity index (χ3n) is 3.81. The number of hydrazine groups is 1. The van der Waals surface area contributed by atoms with E-state index >= 15 is 0 Å². The SMILES string of the molecule is CSc1nc(-c2ccc(C)cc2)nc(NN2C(=O)C=C(C)C2=O)c1C#N.